The third kappa shape index (κ3) is 2.52. The second-order valence-corrected chi connectivity index (χ2v) is 6.91. The Bertz CT molecular complexity index is 582. The molecule has 0 amide bonds. The summed E-state index contributed by atoms with van der Waals surface area (Å²) < 4.78 is 0. The summed E-state index contributed by atoms with van der Waals surface area (Å²) in [7, 11) is 0. The van der Waals surface area contributed by atoms with E-state index < -0.39 is 0 Å². The van der Waals surface area contributed by atoms with Crippen molar-refractivity contribution in [2.24, 2.45) is 0 Å². The topological polar surface area (TPSA) is 38.9 Å². The molecule has 0 fully saturated rings. The summed E-state index contributed by atoms with van der Waals surface area (Å²) in [5, 5.41) is 2.57. The van der Waals surface area contributed by atoms with Crippen LogP contribution in [0.2, 0.25) is 5.02 Å². The molecule has 0 aliphatic rings. The fraction of sp³-hybridized carbons (Fsp3) is 0.357. The highest BCUT2D eigenvalue weighted by Crippen LogP contribution is 2.37. The Labute approximate surface area is 117 Å². The number of rotatable bonds is 1. The Morgan fingerprint density at radius 1 is 1.28 bits per heavy atom. The third-order valence-electron chi connectivity index (χ3n) is 2.74. The van der Waals surface area contributed by atoms with Gasteiger partial charge in [0.25, 0.3) is 0 Å². The van der Waals surface area contributed by atoms with Crippen LogP contribution >= 0.6 is 22.9 Å². The molecule has 2 rings (SSSR count). The number of halogens is 1. The second-order valence-electron chi connectivity index (χ2n) is 5.44. The number of nitrogen functional groups attached to an aromatic ring is 1. The smallest absolute Gasteiger partial charge is 0.114 e. The Morgan fingerprint density at radius 3 is 2.44 bits per heavy atom. The van der Waals surface area contributed by atoms with Gasteiger partial charge < -0.3 is 5.73 Å². The molecule has 4 heteroatoms. The molecule has 0 aliphatic carbocycles. The number of hydrogen-bond donors (Lipinski definition) is 1. The molecule has 0 spiro atoms. The van der Waals surface area contributed by atoms with E-state index in [1.54, 1.807) is 11.3 Å². The van der Waals surface area contributed by atoms with E-state index in [-0.39, 0.29) is 5.41 Å². The number of benzene rings is 1. The zero-order valence-electron chi connectivity index (χ0n) is 11.0. The monoisotopic (exact) mass is 280 g/mol. The molecule has 2 aromatic rings. The first-order valence-corrected chi connectivity index (χ1v) is 7.02. The first-order valence-electron chi connectivity index (χ1n) is 5.82. The molecule has 0 bridgehead atoms. The molecular weight excluding hydrogens is 264 g/mol. The lowest BCUT2D eigenvalue weighted by atomic mass is 9.98. The fourth-order valence-corrected chi connectivity index (χ4v) is 2.87. The van der Waals surface area contributed by atoms with E-state index >= 15 is 0 Å². The van der Waals surface area contributed by atoms with Gasteiger partial charge in [-0.05, 0) is 24.6 Å². The lowest BCUT2D eigenvalue weighted by molar-refractivity contribution is 0.586. The third-order valence-corrected chi connectivity index (χ3v) is 4.28. The predicted molar refractivity (Wildman–Crippen MR) is 80.4 cm³/mol. The maximum atomic E-state index is 6.10. The first-order chi connectivity index (χ1) is 8.29. The lowest BCUT2D eigenvalue weighted by Crippen LogP contribution is -2.10. The van der Waals surface area contributed by atoms with Crippen LogP contribution < -0.4 is 5.73 Å². The van der Waals surface area contributed by atoms with Crippen LogP contribution in [0.1, 0.15) is 31.3 Å². The van der Waals surface area contributed by atoms with Crippen LogP contribution in [-0.2, 0) is 5.41 Å². The molecule has 0 atom stereocenters. The van der Waals surface area contributed by atoms with Crippen LogP contribution in [-0.4, -0.2) is 4.98 Å². The van der Waals surface area contributed by atoms with Crippen molar-refractivity contribution in [1.82, 2.24) is 4.98 Å². The summed E-state index contributed by atoms with van der Waals surface area (Å²) in [6.07, 6.45) is 0. The molecule has 1 aromatic carbocycles. The van der Waals surface area contributed by atoms with E-state index in [0.29, 0.717) is 0 Å². The number of aromatic nitrogens is 1. The van der Waals surface area contributed by atoms with Gasteiger partial charge in [-0.2, -0.15) is 0 Å². The van der Waals surface area contributed by atoms with Gasteiger partial charge in [0.15, 0.2) is 0 Å². The summed E-state index contributed by atoms with van der Waals surface area (Å²) in [6, 6.07) is 5.79. The highest BCUT2D eigenvalue weighted by atomic mass is 35.5. The summed E-state index contributed by atoms with van der Waals surface area (Å²) in [6.45, 7) is 8.45. The fourth-order valence-electron chi connectivity index (χ4n) is 1.74. The maximum absolute atomic E-state index is 6.10. The van der Waals surface area contributed by atoms with Crippen molar-refractivity contribution in [3.05, 3.63) is 33.8 Å². The largest absolute Gasteiger partial charge is 0.389 e. The second kappa shape index (κ2) is 4.56. The quantitative estimate of drug-likeness (QED) is 0.826. The van der Waals surface area contributed by atoms with Crippen molar-refractivity contribution in [2.75, 3.05) is 5.73 Å². The van der Waals surface area contributed by atoms with Gasteiger partial charge in [-0.25, -0.2) is 4.98 Å². The summed E-state index contributed by atoms with van der Waals surface area (Å²) in [5.41, 5.74) is 9.16. The van der Waals surface area contributed by atoms with Gasteiger partial charge in [0.2, 0.25) is 0 Å². The van der Waals surface area contributed by atoms with Gasteiger partial charge in [-0.1, -0.05) is 38.4 Å². The summed E-state index contributed by atoms with van der Waals surface area (Å²) in [4.78, 5) is 4.69. The molecule has 96 valence electrons. The standard InChI is InChI=1S/C14H17ClN2S/c1-8-7-9(15)5-6-10(8)11-12(16)18-13(17-11)14(2,3)4/h5-7H,16H2,1-4H3. The van der Waals surface area contributed by atoms with E-state index in [1.165, 1.54) is 0 Å². The first kappa shape index (κ1) is 13.4. The molecule has 0 aliphatic heterocycles. The van der Waals surface area contributed by atoms with Gasteiger partial charge >= 0.3 is 0 Å². The van der Waals surface area contributed by atoms with Gasteiger partial charge in [-0.3, -0.25) is 0 Å². The normalized spacial score (nSPS) is 11.8. The lowest BCUT2D eigenvalue weighted by Gasteiger charge is -2.13. The summed E-state index contributed by atoms with van der Waals surface area (Å²) in [5.74, 6) is 0. The minimum Gasteiger partial charge on any atom is -0.389 e. The average molecular weight is 281 g/mol. The van der Waals surface area contributed by atoms with E-state index in [1.807, 2.05) is 25.1 Å². The van der Waals surface area contributed by atoms with E-state index in [4.69, 9.17) is 22.3 Å². The zero-order chi connectivity index (χ0) is 13.5. The molecule has 18 heavy (non-hydrogen) atoms. The van der Waals surface area contributed by atoms with Gasteiger partial charge in [0.1, 0.15) is 15.7 Å². The van der Waals surface area contributed by atoms with Gasteiger partial charge in [0.05, 0.1) is 0 Å². The number of nitrogens with two attached hydrogens (primary N) is 1. The highest BCUT2D eigenvalue weighted by Gasteiger charge is 2.21. The Hall–Kier alpha value is -1.06. The number of aryl methyl sites for hydroxylation is 1. The van der Waals surface area contributed by atoms with E-state index in [0.717, 1.165) is 31.9 Å². The minimum absolute atomic E-state index is 0.0252. The number of hydrogen-bond acceptors (Lipinski definition) is 3. The van der Waals surface area contributed by atoms with Gasteiger partial charge in [-0.15, -0.1) is 11.3 Å². The summed E-state index contributed by atoms with van der Waals surface area (Å²) >= 11 is 7.54. The van der Waals surface area contributed by atoms with E-state index in [9.17, 15) is 0 Å². The Balaban J connectivity index is 2.55. The highest BCUT2D eigenvalue weighted by molar-refractivity contribution is 7.16. The van der Waals surface area contributed by atoms with Crippen molar-refractivity contribution in [3.8, 4) is 11.3 Å². The predicted octanol–water partition coefficient (Wildman–Crippen LogP) is 4.65. The molecule has 0 radical (unpaired) electrons. The molecule has 2 N–H and O–H groups in total. The van der Waals surface area contributed by atoms with Crippen LogP contribution in [0.5, 0.6) is 0 Å². The van der Waals surface area contributed by atoms with Crippen LogP contribution in [0.25, 0.3) is 11.3 Å². The van der Waals surface area contributed by atoms with Crippen LogP contribution in [0.4, 0.5) is 5.00 Å². The van der Waals surface area contributed by atoms with Crippen LogP contribution in [0.3, 0.4) is 0 Å². The van der Waals surface area contributed by atoms with Crippen LogP contribution in [0.15, 0.2) is 18.2 Å². The van der Waals surface area contributed by atoms with Crippen molar-refractivity contribution in [1.29, 1.82) is 0 Å². The molecule has 1 aromatic heterocycles. The molecule has 0 unspecified atom stereocenters. The number of anilines is 1. The van der Waals surface area contributed by atoms with Gasteiger partial charge in [0, 0.05) is 16.0 Å². The molecular formula is C14H17ClN2S. The molecule has 2 nitrogen and oxygen atoms in total. The molecule has 0 saturated carbocycles. The molecule has 1 heterocycles. The van der Waals surface area contributed by atoms with E-state index in [2.05, 4.69) is 20.8 Å². The van der Waals surface area contributed by atoms with Crippen molar-refractivity contribution in [3.63, 3.8) is 0 Å². The average Bonchev–Trinajstić information content (AvgIpc) is 2.60. The maximum Gasteiger partial charge on any atom is 0.114 e. The number of nitrogens with zero attached hydrogens (tertiary/aromatic N) is 1. The minimum atomic E-state index is 0.0252. The Kier molecular flexibility index (Phi) is 3.39. The Morgan fingerprint density at radius 2 is 1.94 bits per heavy atom. The van der Waals surface area contributed by atoms with Crippen LogP contribution in [0, 0.1) is 6.92 Å². The van der Waals surface area contributed by atoms with Crippen molar-refractivity contribution >= 4 is 27.9 Å². The SMILES string of the molecule is Cc1cc(Cl)ccc1-c1nc(C(C)(C)C)sc1N. The molecule has 0 saturated heterocycles. The number of thiazole rings is 1. The van der Waals surface area contributed by atoms with Crippen molar-refractivity contribution in [2.45, 2.75) is 33.1 Å². The zero-order valence-corrected chi connectivity index (χ0v) is 12.6. The van der Waals surface area contributed by atoms with Crippen molar-refractivity contribution < 1.29 is 0 Å².